The van der Waals surface area contributed by atoms with Crippen LogP contribution in [-0.4, -0.2) is 33.6 Å². The van der Waals surface area contributed by atoms with Crippen LogP contribution in [-0.2, 0) is 17.3 Å². The number of halogens is 3. The Balaban J connectivity index is 0.000000476. The number of aliphatic carboxylic acids is 1. The molecular formula is C34H47F3N2O2S. The van der Waals surface area contributed by atoms with Crippen LogP contribution in [0.2, 0.25) is 0 Å². The lowest BCUT2D eigenvalue weighted by Gasteiger charge is -2.33. The lowest BCUT2D eigenvalue weighted by atomic mass is 10.1. The number of benzene rings is 2. The largest absolute Gasteiger partial charge is 0.478 e. The normalized spacial score (nSPS) is 14.8. The standard InChI is InChI=1S/C24H24F3NO2S.C10H23N/c1-16-12-17(2)14-18(13-16)15-28-10-3-4-21(23(29)30)22(28)31-11-9-24(26,27)19-5-7-20(25)8-6-19;1-2-3-4-5-6-7-8-9-10-11/h3-8,10,12-14,22H,9,11,15H2,1-2H3,(H,29,30);2-11H2,1H3. The Morgan fingerprint density at radius 3 is 2.14 bits per heavy atom. The van der Waals surface area contributed by atoms with Gasteiger partial charge in [-0.05, 0) is 56.7 Å². The first-order valence-electron chi connectivity index (χ1n) is 15.0. The second kappa shape index (κ2) is 18.7. The zero-order chi connectivity index (χ0) is 31.0. The Hall–Kier alpha value is -2.71. The highest BCUT2D eigenvalue weighted by Crippen LogP contribution is 2.36. The molecule has 0 radical (unpaired) electrons. The van der Waals surface area contributed by atoms with Crippen LogP contribution in [0.25, 0.3) is 0 Å². The first-order chi connectivity index (χ1) is 20.1. The van der Waals surface area contributed by atoms with Crippen LogP contribution in [0.3, 0.4) is 0 Å². The summed E-state index contributed by atoms with van der Waals surface area (Å²) in [5.74, 6) is -4.73. The zero-order valence-electron chi connectivity index (χ0n) is 25.3. The molecule has 1 atom stereocenters. The summed E-state index contributed by atoms with van der Waals surface area (Å²) < 4.78 is 42.1. The van der Waals surface area contributed by atoms with E-state index >= 15 is 0 Å². The van der Waals surface area contributed by atoms with Gasteiger partial charge in [0.15, 0.2) is 0 Å². The van der Waals surface area contributed by atoms with Crippen LogP contribution in [0, 0.1) is 19.7 Å². The maximum Gasteiger partial charge on any atom is 0.334 e. The molecule has 1 unspecified atom stereocenters. The third-order valence-corrected chi connectivity index (χ3v) is 8.31. The smallest absolute Gasteiger partial charge is 0.334 e. The van der Waals surface area contributed by atoms with Gasteiger partial charge in [0.2, 0.25) is 0 Å². The van der Waals surface area contributed by atoms with E-state index in [1.165, 1.54) is 69.2 Å². The first-order valence-corrected chi connectivity index (χ1v) is 16.0. The average molecular weight is 605 g/mol. The topological polar surface area (TPSA) is 66.6 Å². The monoisotopic (exact) mass is 604 g/mol. The van der Waals surface area contributed by atoms with Gasteiger partial charge in [-0.25, -0.2) is 18.0 Å². The van der Waals surface area contributed by atoms with E-state index in [1.54, 1.807) is 12.3 Å². The maximum absolute atomic E-state index is 14.5. The first kappa shape index (κ1) is 35.5. The predicted octanol–water partition coefficient (Wildman–Crippen LogP) is 9.11. The van der Waals surface area contributed by atoms with E-state index in [1.807, 2.05) is 30.9 Å². The molecule has 0 spiro atoms. The molecule has 8 heteroatoms. The van der Waals surface area contributed by atoms with Gasteiger partial charge in [-0.15, -0.1) is 11.8 Å². The van der Waals surface area contributed by atoms with Gasteiger partial charge in [0.1, 0.15) is 11.2 Å². The van der Waals surface area contributed by atoms with Crippen LogP contribution in [0.4, 0.5) is 13.2 Å². The van der Waals surface area contributed by atoms with Crippen molar-refractivity contribution in [1.82, 2.24) is 4.90 Å². The van der Waals surface area contributed by atoms with E-state index in [0.29, 0.717) is 6.54 Å². The molecule has 42 heavy (non-hydrogen) atoms. The second-order valence-corrected chi connectivity index (χ2v) is 12.1. The number of rotatable bonds is 16. The number of nitrogens with zero attached hydrogens (tertiary/aromatic N) is 1. The number of carboxylic acids is 1. The quantitative estimate of drug-likeness (QED) is 0.187. The number of unbranched alkanes of at least 4 members (excludes halogenated alkanes) is 7. The van der Waals surface area contributed by atoms with Gasteiger partial charge in [-0.1, -0.05) is 93.3 Å². The molecule has 0 saturated heterocycles. The third-order valence-electron chi connectivity index (χ3n) is 7.03. The molecule has 1 aliphatic heterocycles. The highest BCUT2D eigenvalue weighted by Gasteiger charge is 2.33. The molecule has 0 bridgehead atoms. The van der Waals surface area contributed by atoms with Crippen LogP contribution in [0.1, 0.15) is 87.0 Å². The van der Waals surface area contributed by atoms with Crippen molar-refractivity contribution in [3.05, 3.63) is 94.5 Å². The Bertz CT molecular complexity index is 1120. The van der Waals surface area contributed by atoms with E-state index in [4.69, 9.17) is 5.73 Å². The van der Waals surface area contributed by atoms with Crippen molar-refractivity contribution in [2.45, 2.75) is 96.4 Å². The number of thioether (sulfide) groups is 1. The number of aryl methyl sites for hydroxylation is 2. The fourth-order valence-corrected chi connectivity index (χ4v) is 6.17. The lowest BCUT2D eigenvalue weighted by molar-refractivity contribution is -0.133. The van der Waals surface area contributed by atoms with E-state index in [-0.39, 0.29) is 16.9 Å². The van der Waals surface area contributed by atoms with E-state index in [2.05, 4.69) is 13.0 Å². The number of carbonyl (C=O) groups is 1. The van der Waals surface area contributed by atoms with Crippen molar-refractivity contribution in [2.24, 2.45) is 5.73 Å². The molecule has 1 heterocycles. The van der Waals surface area contributed by atoms with Crippen molar-refractivity contribution < 1.29 is 23.1 Å². The minimum atomic E-state index is -3.13. The SMILES string of the molecule is CCCCCCCCCCN.Cc1cc(C)cc(CN2C=CC=C(C(=O)O)C2SCCC(F)(F)c2ccc(F)cc2)c1. The minimum absolute atomic E-state index is 0.0385. The van der Waals surface area contributed by atoms with Crippen LogP contribution in [0.15, 0.2) is 66.4 Å². The molecule has 3 N–H and O–H groups in total. The molecule has 2 aromatic rings. The van der Waals surface area contributed by atoms with E-state index in [9.17, 15) is 23.1 Å². The summed E-state index contributed by atoms with van der Waals surface area (Å²) in [7, 11) is 0. The van der Waals surface area contributed by atoms with Crippen molar-refractivity contribution in [2.75, 3.05) is 12.3 Å². The van der Waals surface area contributed by atoms with Crippen LogP contribution in [0.5, 0.6) is 0 Å². The van der Waals surface area contributed by atoms with Crippen molar-refractivity contribution >= 4 is 17.7 Å². The van der Waals surface area contributed by atoms with Gasteiger partial charge in [-0.2, -0.15) is 0 Å². The molecule has 3 rings (SSSR count). The Morgan fingerprint density at radius 2 is 1.57 bits per heavy atom. The summed E-state index contributed by atoms with van der Waals surface area (Å²) in [6.07, 6.45) is 15.5. The molecular weight excluding hydrogens is 557 g/mol. The van der Waals surface area contributed by atoms with E-state index < -0.39 is 29.5 Å². The fraction of sp³-hybridized carbons (Fsp3) is 0.500. The number of alkyl halides is 2. The summed E-state index contributed by atoms with van der Waals surface area (Å²) in [4.78, 5) is 13.6. The van der Waals surface area contributed by atoms with Crippen LogP contribution < -0.4 is 5.73 Å². The van der Waals surface area contributed by atoms with Gasteiger partial charge in [0.05, 0.1) is 5.57 Å². The molecule has 232 valence electrons. The molecule has 4 nitrogen and oxygen atoms in total. The number of hydrogen-bond acceptors (Lipinski definition) is 4. The molecule has 1 aliphatic rings. The van der Waals surface area contributed by atoms with Gasteiger partial charge >= 0.3 is 5.97 Å². The minimum Gasteiger partial charge on any atom is -0.478 e. The Morgan fingerprint density at radius 1 is 0.976 bits per heavy atom. The zero-order valence-corrected chi connectivity index (χ0v) is 26.1. The maximum atomic E-state index is 14.5. The number of allylic oxidation sites excluding steroid dienone is 2. The van der Waals surface area contributed by atoms with Gasteiger partial charge in [-0.3, -0.25) is 0 Å². The average Bonchev–Trinajstić information content (AvgIpc) is 2.93. The van der Waals surface area contributed by atoms with Crippen molar-refractivity contribution in [3.8, 4) is 0 Å². The summed E-state index contributed by atoms with van der Waals surface area (Å²) in [6.45, 7) is 7.59. The Labute approximate surface area is 254 Å². The highest BCUT2D eigenvalue weighted by atomic mass is 32.2. The number of carboxylic acid groups (broad SMARTS) is 1. The third kappa shape index (κ3) is 12.7. The molecule has 0 fully saturated rings. The molecule has 0 amide bonds. The summed E-state index contributed by atoms with van der Waals surface area (Å²) >= 11 is 1.17. The molecule has 2 aromatic carbocycles. The number of hydrogen-bond donors (Lipinski definition) is 2. The van der Waals surface area contributed by atoms with Crippen LogP contribution >= 0.6 is 11.8 Å². The molecule has 0 aromatic heterocycles. The van der Waals surface area contributed by atoms with Crippen molar-refractivity contribution in [3.63, 3.8) is 0 Å². The Kier molecular flexibility index (Phi) is 15.8. The summed E-state index contributed by atoms with van der Waals surface area (Å²) in [5, 5.41) is 9.03. The van der Waals surface area contributed by atoms with Gasteiger partial charge in [0, 0.05) is 30.5 Å². The molecule has 0 aliphatic carbocycles. The fourth-order valence-electron chi connectivity index (χ4n) is 4.88. The van der Waals surface area contributed by atoms with Crippen molar-refractivity contribution in [1.29, 1.82) is 0 Å². The summed E-state index contributed by atoms with van der Waals surface area (Å²) in [5.41, 5.74) is 8.53. The summed E-state index contributed by atoms with van der Waals surface area (Å²) in [6, 6.07) is 10.3. The van der Waals surface area contributed by atoms with E-state index in [0.717, 1.165) is 47.5 Å². The predicted molar refractivity (Wildman–Crippen MR) is 169 cm³/mol. The lowest BCUT2D eigenvalue weighted by Crippen LogP contribution is -2.34. The molecule has 0 saturated carbocycles. The van der Waals surface area contributed by atoms with Gasteiger partial charge in [0.25, 0.3) is 5.92 Å². The second-order valence-electron chi connectivity index (χ2n) is 10.9. The number of nitrogens with two attached hydrogens (primary N) is 1. The highest BCUT2D eigenvalue weighted by molar-refractivity contribution is 8.00. The van der Waals surface area contributed by atoms with Gasteiger partial charge < -0.3 is 15.7 Å².